The number of nitrogens with one attached hydrogen (secondary N) is 1. The van der Waals surface area contributed by atoms with E-state index < -0.39 is 34.1 Å². The number of carbonyl (C=O) groups is 4. The van der Waals surface area contributed by atoms with E-state index in [2.05, 4.69) is 58.2 Å². The average molecular weight is 1060 g/mol. The molecule has 0 aromatic rings. The first kappa shape index (κ1) is 76.3. The topological polar surface area (TPSA) is 231 Å². The molecule has 74 heavy (non-hydrogen) atoms. The van der Waals surface area contributed by atoms with Crippen LogP contribution in [0.1, 0.15) is 173 Å². The molecule has 1 atom stereocenters. The summed E-state index contributed by atoms with van der Waals surface area (Å²) in [6, 6.07) is 0. The molecule has 6 heterocycles. The molecule has 7 aliphatic rings. The Labute approximate surface area is 448 Å². The normalized spacial score (nSPS) is 20.8. The summed E-state index contributed by atoms with van der Waals surface area (Å²) in [6.45, 7) is 41.5. The van der Waals surface area contributed by atoms with Crippen molar-refractivity contribution in [3.8, 4) is 25.2 Å². The minimum atomic E-state index is -0.779. The second-order valence-electron chi connectivity index (χ2n) is 24.2. The standard InChI is InChI=1S/C13H25NO3.C12H21NO3.C8H13NO3.C7H13NO.C7H14O2.C3H4.C2H2.CO2.3CH4/c1-7-12(5,6)13(16)8-14(9-13)10(15)17-11(2,3)4;1-10(2,3)16-9(14)13-6-12(7-13)11(4,5)8-15-12;1-8(2,3)12-7(11)9-4-6(10)5-9;1-6(2)5-9-7(6)3-8-4-7;1-6(5-8)7(9)3-2-4-7;1-3-2;1-2;2-1-3;;;/h16H,7-9H2,1-6H3;6-8H2,1-5H3;4-5H2,1-3H3;8H,3-5H2,1-2H3;6,8-9H,2-5H2,1H3;1H,2H3;1-2H;;3*1H4. The van der Waals surface area contributed by atoms with Gasteiger partial charge in [0.2, 0.25) is 0 Å². The molecule has 6 saturated heterocycles. The Bertz CT molecular complexity index is 1810. The quantitative estimate of drug-likeness (QED) is 0.153. The van der Waals surface area contributed by atoms with Gasteiger partial charge in [0.1, 0.15) is 33.6 Å². The van der Waals surface area contributed by atoms with Gasteiger partial charge in [-0.05, 0) is 100 Å². The Kier molecular flexibility index (Phi) is 30.8. The second-order valence-corrected chi connectivity index (χ2v) is 24.2. The average Bonchev–Trinajstić information content (AvgIpc) is 3.15. The molecule has 4 N–H and O–H groups in total. The fourth-order valence-electron chi connectivity index (χ4n) is 7.44. The van der Waals surface area contributed by atoms with Gasteiger partial charge in [0.25, 0.3) is 0 Å². The van der Waals surface area contributed by atoms with Crippen molar-refractivity contribution >= 4 is 30.2 Å². The molecule has 7 rings (SSSR count). The minimum absolute atomic E-state index is 0. The maximum absolute atomic E-state index is 11.7. The first-order valence-corrected chi connectivity index (χ1v) is 24.4. The minimum Gasteiger partial charge on any atom is -0.444 e. The van der Waals surface area contributed by atoms with E-state index in [4.69, 9.17) is 38.4 Å². The SMILES string of the molecule is C.C.C.C#C.C#CC.CC(C)(C)OC(=O)N1CC(=O)C1.CC(C)(C)OC(=O)N1CC2(C1)OCC2(C)C.CC(CO)C1(O)CCC1.CC1(C)COC12CNC2.CCC(C)(C)C1(O)CN(C(=O)OC(C)(C)C)C1.O=C=O. The van der Waals surface area contributed by atoms with Crippen molar-refractivity contribution in [3.63, 3.8) is 0 Å². The van der Waals surface area contributed by atoms with Gasteiger partial charge in [0.15, 0.2) is 5.78 Å². The van der Waals surface area contributed by atoms with Crippen LogP contribution < -0.4 is 5.32 Å². The van der Waals surface area contributed by atoms with Crippen molar-refractivity contribution in [3.05, 3.63) is 0 Å². The van der Waals surface area contributed by atoms with Crippen molar-refractivity contribution in [2.24, 2.45) is 22.2 Å². The number of hydrogen-bond acceptors (Lipinski definition) is 15. The lowest BCUT2D eigenvalue weighted by Gasteiger charge is -2.64. The van der Waals surface area contributed by atoms with E-state index in [0.29, 0.717) is 31.6 Å². The fourth-order valence-corrected chi connectivity index (χ4v) is 7.44. The lowest BCUT2D eigenvalue weighted by Crippen LogP contribution is -2.77. The maximum atomic E-state index is 11.7. The van der Waals surface area contributed by atoms with Gasteiger partial charge in [-0.1, -0.05) is 77.7 Å². The summed E-state index contributed by atoms with van der Waals surface area (Å²) >= 11 is 0. The summed E-state index contributed by atoms with van der Waals surface area (Å²) in [6.07, 6.45) is 15.6. The first-order valence-electron chi connectivity index (χ1n) is 24.4. The highest BCUT2D eigenvalue weighted by Gasteiger charge is 2.63. The van der Waals surface area contributed by atoms with Crippen molar-refractivity contribution in [1.82, 2.24) is 20.0 Å². The Morgan fingerprint density at radius 2 is 1.03 bits per heavy atom. The van der Waals surface area contributed by atoms with Crippen LogP contribution in [-0.4, -0.2) is 172 Å². The smallest absolute Gasteiger partial charge is 0.411 e. The van der Waals surface area contributed by atoms with Crippen LogP contribution in [0.25, 0.3) is 0 Å². The Morgan fingerprint density at radius 1 is 0.703 bits per heavy atom. The highest BCUT2D eigenvalue weighted by molar-refractivity contribution is 5.94. The number of ether oxygens (including phenoxy) is 5. The third-order valence-electron chi connectivity index (χ3n) is 13.7. The molecule has 1 unspecified atom stereocenters. The number of β-amino-alcohol motifs (C(OH)–C–C–N with tert-alkyl or cyclic N) is 1. The van der Waals surface area contributed by atoms with Gasteiger partial charge >= 0.3 is 24.4 Å². The molecule has 1 aliphatic carbocycles. The number of likely N-dealkylation sites (tertiary alicyclic amines) is 3. The van der Waals surface area contributed by atoms with Crippen LogP contribution in [0.2, 0.25) is 0 Å². The van der Waals surface area contributed by atoms with E-state index in [-0.39, 0.29) is 94.0 Å². The molecule has 2 spiro atoms. The number of terminal acetylenes is 2. The van der Waals surface area contributed by atoms with Gasteiger partial charge in [-0.25, -0.2) is 14.4 Å². The number of nitrogens with zero attached hydrogens (tertiary/aromatic N) is 3. The fraction of sp³-hybridized carbons (Fsp3) is 0.839. The molecule has 1 saturated carbocycles. The number of amides is 3. The molecular weight excluding hydrogens is 953 g/mol. The van der Waals surface area contributed by atoms with E-state index in [1.165, 1.54) is 4.90 Å². The van der Waals surface area contributed by atoms with Gasteiger partial charge in [-0.2, -0.15) is 9.59 Å². The highest BCUT2D eigenvalue weighted by Crippen LogP contribution is 2.50. The number of aliphatic hydroxyl groups is 3. The summed E-state index contributed by atoms with van der Waals surface area (Å²) < 4.78 is 26.7. The van der Waals surface area contributed by atoms with E-state index in [1.807, 2.05) is 69.2 Å². The van der Waals surface area contributed by atoms with E-state index in [1.54, 1.807) is 37.5 Å². The Balaban J connectivity index is -0.000000402. The molecule has 0 aromatic heterocycles. The molecule has 432 valence electrons. The summed E-state index contributed by atoms with van der Waals surface area (Å²) in [7, 11) is 0. The van der Waals surface area contributed by atoms with Crippen LogP contribution >= 0.6 is 0 Å². The lowest BCUT2D eigenvalue weighted by molar-refractivity contribution is -0.300. The molecule has 0 radical (unpaired) electrons. The van der Waals surface area contributed by atoms with Crippen molar-refractivity contribution in [1.29, 1.82) is 0 Å². The van der Waals surface area contributed by atoms with E-state index in [0.717, 1.165) is 52.0 Å². The van der Waals surface area contributed by atoms with Crippen LogP contribution in [0.4, 0.5) is 14.4 Å². The van der Waals surface area contributed by atoms with Gasteiger partial charge in [0.05, 0.1) is 58.1 Å². The molecule has 0 aromatic carbocycles. The summed E-state index contributed by atoms with van der Waals surface area (Å²) in [5, 5.41) is 31.8. The van der Waals surface area contributed by atoms with E-state index in [9.17, 15) is 29.4 Å². The zero-order valence-electron chi connectivity index (χ0n) is 46.6. The zero-order chi connectivity index (χ0) is 55.9. The third-order valence-corrected chi connectivity index (χ3v) is 13.7. The van der Waals surface area contributed by atoms with Gasteiger partial charge in [0, 0.05) is 36.4 Å². The number of carbonyl (C=O) groups excluding carboxylic acids is 6. The number of rotatable bonds is 4. The summed E-state index contributed by atoms with van der Waals surface area (Å²) in [4.78, 5) is 66.0. The predicted molar refractivity (Wildman–Crippen MR) is 290 cm³/mol. The van der Waals surface area contributed by atoms with Crippen LogP contribution in [0.5, 0.6) is 0 Å². The van der Waals surface area contributed by atoms with Gasteiger partial charge in [-0.15, -0.1) is 25.2 Å². The molecule has 3 amide bonds. The summed E-state index contributed by atoms with van der Waals surface area (Å²) in [5.41, 5.74) is -2.11. The Hall–Kier alpha value is -4.26. The van der Waals surface area contributed by atoms with Crippen LogP contribution in [0, 0.1) is 47.4 Å². The molecule has 7 fully saturated rings. The maximum Gasteiger partial charge on any atom is 0.411 e. The number of hydrogen-bond donors (Lipinski definition) is 4. The molecule has 6 aliphatic heterocycles. The third kappa shape index (κ3) is 21.4. The van der Waals surface area contributed by atoms with Crippen molar-refractivity contribution < 1.29 is 67.8 Å². The molecular formula is C56H104N4O14. The lowest BCUT2D eigenvalue weighted by atomic mass is 9.66. The van der Waals surface area contributed by atoms with Crippen LogP contribution in [0.15, 0.2) is 0 Å². The largest absolute Gasteiger partial charge is 0.444 e. The number of Topliss-reactive ketones (excluding diaryl/α,β-unsaturated/α-hetero) is 1. The van der Waals surface area contributed by atoms with Gasteiger partial charge in [-0.3, -0.25) is 9.69 Å². The molecule has 18 nitrogen and oxygen atoms in total. The monoisotopic (exact) mass is 1060 g/mol. The first-order chi connectivity index (χ1) is 32.2. The Morgan fingerprint density at radius 3 is 1.20 bits per heavy atom. The molecule has 18 heteroatoms. The predicted octanol–water partition coefficient (Wildman–Crippen LogP) is 8.37. The second kappa shape index (κ2) is 29.9. The number of aliphatic hydroxyl groups excluding tert-OH is 1. The number of ketones is 1. The van der Waals surface area contributed by atoms with Crippen molar-refractivity contribution in [2.45, 2.75) is 212 Å². The van der Waals surface area contributed by atoms with E-state index >= 15 is 0 Å². The highest BCUT2D eigenvalue weighted by atomic mass is 16.6. The van der Waals surface area contributed by atoms with Crippen molar-refractivity contribution in [2.75, 3.05) is 72.2 Å². The molecule has 0 bridgehead atoms. The van der Waals surface area contributed by atoms with Gasteiger partial charge < -0.3 is 54.1 Å². The van der Waals surface area contributed by atoms with Crippen LogP contribution in [-0.2, 0) is 38.1 Å². The van der Waals surface area contributed by atoms with Crippen LogP contribution in [0.3, 0.4) is 0 Å². The summed E-state index contributed by atoms with van der Waals surface area (Å²) in [5.74, 6) is 2.40. The zero-order valence-corrected chi connectivity index (χ0v) is 46.6.